The standard InChI is InChI=1S/C20H22BrN3O4S/c1-27-17-7-8-19(28-2)20(11-17)29(25,26)24(16-9-10-23(13-16)14-22)12-15-5-3-4-6-18(15)21/h3-8,11,16H,9-10,12-13H2,1-2H3. The van der Waals surface area contributed by atoms with Crippen molar-refractivity contribution in [1.29, 1.82) is 5.26 Å². The highest BCUT2D eigenvalue weighted by atomic mass is 79.9. The van der Waals surface area contributed by atoms with Gasteiger partial charge in [-0.2, -0.15) is 9.57 Å². The van der Waals surface area contributed by atoms with Crippen molar-refractivity contribution in [3.63, 3.8) is 0 Å². The number of likely N-dealkylation sites (tertiary alicyclic amines) is 1. The van der Waals surface area contributed by atoms with E-state index in [4.69, 9.17) is 9.47 Å². The number of nitrogens with zero attached hydrogens (tertiary/aromatic N) is 3. The topological polar surface area (TPSA) is 82.9 Å². The first-order valence-electron chi connectivity index (χ1n) is 9.02. The van der Waals surface area contributed by atoms with Crippen molar-refractivity contribution in [2.75, 3.05) is 27.3 Å². The van der Waals surface area contributed by atoms with Gasteiger partial charge in [-0.3, -0.25) is 0 Å². The summed E-state index contributed by atoms with van der Waals surface area (Å²) in [6.45, 7) is 1.05. The van der Waals surface area contributed by atoms with Crippen LogP contribution < -0.4 is 9.47 Å². The molecule has 2 aromatic rings. The van der Waals surface area contributed by atoms with Gasteiger partial charge in [0.15, 0.2) is 6.19 Å². The molecule has 1 saturated heterocycles. The van der Waals surface area contributed by atoms with Gasteiger partial charge >= 0.3 is 0 Å². The molecule has 1 fully saturated rings. The molecule has 154 valence electrons. The van der Waals surface area contributed by atoms with E-state index < -0.39 is 10.0 Å². The van der Waals surface area contributed by atoms with Crippen LogP contribution in [-0.2, 0) is 16.6 Å². The highest BCUT2D eigenvalue weighted by molar-refractivity contribution is 9.10. The van der Waals surface area contributed by atoms with E-state index in [1.54, 1.807) is 17.0 Å². The molecule has 0 bridgehead atoms. The van der Waals surface area contributed by atoms with Gasteiger partial charge in [0.05, 0.1) is 14.2 Å². The molecule has 1 unspecified atom stereocenters. The Bertz CT molecular complexity index is 1020. The van der Waals surface area contributed by atoms with Gasteiger partial charge in [0.1, 0.15) is 16.4 Å². The zero-order chi connectivity index (χ0) is 21.0. The first kappa shape index (κ1) is 21.4. The zero-order valence-corrected chi connectivity index (χ0v) is 18.6. The molecule has 7 nitrogen and oxygen atoms in total. The summed E-state index contributed by atoms with van der Waals surface area (Å²) in [5.74, 6) is 0.674. The third-order valence-corrected chi connectivity index (χ3v) is 7.65. The Morgan fingerprint density at radius 1 is 1.24 bits per heavy atom. The minimum atomic E-state index is -3.94. The molecule has 0 radical (unpaired) electrons. The maximum Gasteiger partial charge on any atom is 0.247 e. The number of benzene rings is 2. The molecular weight excluding hydrogens is 458 g/mol. The van der Waals surface area contributed by atoms with Crippen LogP contribution in [0.3, 0.4) is 0 Å². The summed E-state index contributed by atoms with van der Waals surface area (Å²) in [5.41, 5.74) is 0.841. The van der Waals surface area contributed by atoms with E-state index >= 15 is 0 Å². The van der Waals surface area contributed by atoms with Gasteiger partial charge in [-0.15, -0.1) is 0 Å². The summed E-state index contributed by atoms with van der Waals surface area (Å²) in [5, 5.41) is 9.23. The molecule has 9 heteroatoms. The maximum absolute atomic E-state index is 13.8. The van der Waals surface area contributed by atoms with Crippen LogP contribution >= 0.6 is 15.9 Å². The molecule has 2 aromatic carbocycles. The van der Waals surface area contributed by atoms with Gasteiger partial charge in [0.2, 0.25) is 10.0 Å². The number of hydrogen-bond acceptors (Lipinski definition) is 6. The average Bonchev–Trinajstić information content (AvgIpc) is 3.21. The molecule has 0 N–H and O–H groups in total. The Balaban J connectivity index is 2.08. The number of hydrogen-bond donors (Lipinski definition) is 0. The normalized spacial score (nSPS) is 16.7. The molecule has 0 amide bonds. The average molecular weight is 480 g/mol. The van der Waals surface area contributed by atoms with Gasteiger partial charge in [0.25, 0.3) is 0 Å². The minimum absolute atomic E-state index is 0.0433. The van der Waals surface area contributed by atoms with Crippen molar-refractivity contribution < 1.29 is 17.9 Å². The second kappa shape index (κ2) is 9.03. The van der Waals surface area contributed by atoms with Crippen molar-refractivity contribution in [3.8, 4) is 17.7 Å². The molecule has 0 saturated carbocycles. The highest BCUT2D eigenvalue weighted by Gasteiger charge is 2.37. The summed E-state index contributed by atoms with van der Waals surface area (Å²) in [6.07, 6.45) is 2.69. The fourth-order valence-corrected chi connectivity index (χ4v) is 5.59. The SMILES string of the molecule is COc1ccc(OC)c(S(=O)(=O)N(Cc2ccccc2Br)C2CCN(C#N)C2)c1. The van der Waals surface area contributed by atoms with Crippen LogP contribution in [0.2, 0.25) is 0 Å². The van der Waals surface area contributed by atoms with E-state index in [1.165, 1.54) is 24.6 Å². The Hall–Kier alpha value is -2.28. The Morgan fingerprint density at radius 2 is 2.00 bits per heavy atom. The fourth-order valence-electron chi connectivity index (χ4n) is 3.38. The first-order chi connectivity index (χ1) is 13.9. The predicted molar refractivity (Wildman–Crippen MR) is 112 cm³/mol. The van der Waals surface area contributed by atoms with Crippen molar-refractivity contribution in [2.45, 2.75) is 23.9 Å². The summed E-state index contributed by atoms with van der Waals surface area (Å²) < 4.78 is 40.3. The van der Waals surface area contributed by atoms with E-state index in [2.05, 4.69) is 22.1 Å². The van der Waals surface area contributed by atoms with Crippen LogP contribution in [0.25, 0.3) is 0 Å². The fraction of sp³-hybridized carbons (Fsp3) is 0.350. The van der Waals surface area contributed by atoms with Crippen LogP contribution in [0, 0.1) is 11.5 Å². The molecule has 1 heterocycles. The molecule has 1 aliphatic heterocycles. The monoisotopic (exact) mass is 479 g/mol. The summed E-state index contributed by atoms with van der Waals surface area (Å²) in [6, 6.07) is 11.9. The van der Waals surface area contributed by atoms with Crippen LogP contribution in [-0.4, -0.2) is 51.0 Å². The van der Waals surface area contributed by atoms with E-state index in [1.807, 2.05) is 24.3 Å². The van der Waals surface area contributed by atoms with E-state index in [-0.39, 0.29) is 23.2 Å². The zero-order valence-electron chi connectivity index (χ0n) is 16.2. The van der Waals surface area contributed by atoms with Gasteiger partial charge in [0, 0.05) is 36.2 Å². The number of rotatable bonds is 7. The van der Waals surface area contributed by atoms with Gasteiger partial charge in [-0.05, 0) is 30.2 Å². The largest absolute Gasteiger partial charge is 0.497 e. The molecular formula is C20H22BrN3O4S. The minimum Gasteiger partial charge on any atom is -0.497 e. The molecule has 29 heavy (non-hydrogen) atoms. The quantitative estimate of drug-likeness (QED) is 0.566. The molecule has 0 spiro atoms. The molecule has 1 atom stereocenters. The van der Waals surface area contributed by atoms with Crippen LogP contribution in [0.5, 0.6) is 11.5 Å². The van der Waals surface area contributed by atoms with E-state index in [0.717, 1.165) is 10.0 Å². The van der Waals surface area contributed by atoms with Crippen molar-refractivity contribution >= 4 is 26.0 Å². The third-order valence-electron chi connectivity index (χ3n) is 4.95. The lowest BCUT2D eigenvalue weighted by Gasteiger charge is -2.29. The second-order valence-corrected chi connectivity index (χ2v) is 9.36. The lowest BCUT2D eigenvalue weighted by Crippen LogP contribution is -2.41. The summed E-state index contributed by atoms with van der Waals surface area (Å²) in [4.78, 5) is 1.62. The highest BCUT2D eigenvalue weighted by Crippen LogP contribution is 2.34. The van der Waals surface area contributed by atoms with Gasteiger partial charge in [-0.1, -0.05) is 34.1 Å². The first-order valence-corrected chi connectivity index (χ1v) is 11.3. The lowest BCUT2D eigenvalue weighted by molar-refractivity contribution is 0.311. The molecule has 3 rings (SSSR count). The van der Waals surface area contributed by atoms with Crippen LogP contribution in [0.1, 0.15) is 12.0 Å². The van der Waals surface area contributed by atoms with E-state index in [9.17, 15) is 13.7 Å². The van der Waals surface area contributed by atoms with Crippen molar-refractivity contribution in [2.24, 2.45) is 0 Å². The molecule has 0 aromatic heterocycles. The van der Waals surface area contributed by atoms with Crippen LogP contribution in [0.4, 0.5) is 0 Å². The Morgan fingerprint density at radius 3 is 2.62 bits per heavy atom. The summed E-state index contributed by atoms with van der Waals surface area (Å²) in [7, 11) is -1.01. The molecule has 0 aliphatic carbocycles. The number of nitriles is 1. The number of sulfonamides is 1. The van der Waals surface area contributed by atoms with Crippen molar-refractivity contribution in [3.05, 3.63) is 52.5 Å². The smallest absolute Gasteiger partial charge is 0.247 e. The number of methoxy groups -OCH3 is 2. The van der Waals surface area contributed by atoms with Crippen molar-refractivity contribution in [1.82, 2.24) is 9.21 Å². The number of halogens is 1. The van der Waals surface area contributed by atoms with Gasteiger partial charge in [-0.25, -0.2) is 8.42 Å². The second-order valence-electron chi connectivity index (χ2n) is 6.65. The number of ether oxygens (including phenoxy) is 2. The Labute approximate surface area is 179 Å². The molecule has 1 aliphatic rings. The summed E-state index contributed by atoms with van der Waals surface area (Å²) >= 11 is 3.50. The van der Waals surface area contributed by atoms with E-state index in [0.29, 0.717) is 25.3 Å². The third kappa shape index (κ3) is 4.50. The van der Waals surface area contributed by atoms with Crippen LogP contribution in [0.15, 0.2) is 51.8 Å². The maximum atomic E-state index is 13.8. The Kier molecular flexibility index (Phi) is 6.67. The van der Waals surface area contributed by atoms with Gasteiger partial charge < -0.3 is 14.4 Å². The lowest BCUT2D eigenvalue weighted by atomic mass is 10.2. The predicted octanol–water partition coefficient (Wildman–Crippen LogP) is 3.21.